The van der Waals surface area contributed by atoms with Crippen molar-refractivity contribution >= 4 is 23.2 Å². The molecule has 2 amide bonds. The maximum Gasteiger partial charge on any atom is 0.245 e. The van der Waals surface area contributed by atoms with E-state index in [1.54, 1.807) is 30.1 Å². The van der Waals surface area contributed by atoms with E-state index in [9.17, 15) is 9.59 Å². The summed E-state index contributed by atoms with van der Waals surface area (Å²) >= 11 is 1.58. The maximum absolute atomic E-state index is 12.1. The summed E-state index contributed by atoms with van der Waals surface area (Å²) in [5, 5.41) is 3.55. The fraction of sp³-hybridized carbons (Fsp3) is 0.583. The van der Waals surface area contributed by atoms with Crippen LogP contribution in [0.2, 0.25) is 0 Å². The van der Waals surface area contributed by atoms with E-state index in [4.69, 9.17) is 0 Å². The summed E-state index contributed by atoms with van der Waals surface area (Å²) in [5.41, 5.74) is 0.990. The fourth-order valence-electron chi connectivity index (χ4n) is 1.94. The molecule has 2 unspecified atom stereocenters. The molecule has 5 nitrogen and oxygen atoms in total. The SMILES string of the molecule is Cc1nc(CN2C(=O)C(C)NC(=O)C2C)sc1C. The predicted molar refractivity (Wildman–Crippen MR) is 69.2 cm³/mol. The molecule has 1 aliphatic heterocycles. The number of rotatable bonds is 2. The molecule has 1 fully saturated rings. The normalized spacial score (nSPS) is 24.3. The van der Waals surface area contributed by atoms with Gasteiger partial charge in [0.25, 0.3) is 0 Å². The van der Waals surface area contributed by atoms with Gasteiger partial charge < -0.3 is 10.2 Å². The van der Waals surface area contributed by atoms with Crippen molar-refractivity contribution in [3.8, 4) is 0 Å². The standard InChI is InChI=1S/C12H17N3O2S/c1-6-9(4)18-10(13-6)5-15-8(3)11(16)14-7(2)12(15)17/h7-8H,5H2,1-4H3,(H,14,16). The van der Waals surface area contributed by atoms with Crippen LogP contribution in [0.5, 0.6) is 0 Å². The minimum Gasteiger partial charge on any atom is -0.343 e. The van der Waals surface area contributed by atoms with E-state index >= 15 is 0 Å². The lowest BCUT2D eigenvalue weighted by atomic mass is 10.1. The van der Waals surface area contributed by atoms with Gasteiger partial charge in [-0.3, -0.25) is 9.59 Å². The van der Waals surface area contributed by atoms with Crippen molar-refractivity contribution in [3.05, 3.63) is 15.6 Å². The first kappa shape index (κ1) is 13.0. The molecule has 0 bridgehead atoms. The second-order valence-electron chi connectivity index (χ2n) is 4.62. The van der Waals surface area contributed by atoms with Crippen LogP contribution in [0.15, 0.2) is 0 Å². The molecule has 0 aromatic carbocycles. The van der Waals surface area contributed by atoms with Gasteiger partial charge in [0.1, 0.15) is 17.1 Å². The van der Waals surface area contributed by atoms with E-state index in [0.29, 0.717) is 6.54 Å². The number of carbonyl (C=O) groups excluding carboxylic acids is 2. The Morgan fingerprint density at radius 3 is 2.56 bits per heavy atom. The van der Waals surface area contributed by atoms with E-state index in [0.717, 1.165) is 15.6 Å². The summed E-state index contributed by atoms with van der Waals surface area (Å²) in [4.78, 5) is 30.9. The number of piperazine rings is 1. The van der Waals surface area contributed by atoms with Crippen LogP contribution >= 0.6 is 11.3 Å². The summed E-state index contributed by atoms with van der Waals surface area (Å²) in [7, 11) is 0. The minimum absolute atomic E-state index is 0.0485. The Hall–Kier alpha value is -1.43. The molecule has 0 radical (unpaired) electrons. The number of carbonyl (C=O) groups is 2. The van der Waals surface area contributed by atoms with Crippen molar-refractivity contribution in [1.29, 1.82) is 0 Å². The molecule has 2 heterocycles. The molecule has 1 N–H and O–H groups in total. The quantitative estimate of drug-likeness (QED) is 0.869. The molecule has 6 heteroatoms. The average molecular weight is 267 g/mol. The number of amides is 2. The minimum atomic E-state index is -0.448. The molecular formula is C12H17N3O2S. The molecule has 98 valence electrons. The van der Waals surface area contributed by atoms with Crippen LogP contribution in [0, 0.1) is 13.8 Å². The molecule has 1 aromatic rings. The van der Waals surface area contributed by atoms with Crippen LogP contribution in [0.4, 0.5) is 0 Å². The first-order valence-corrected chi connectivity index (χ1v) is 6.75. The lowest BCUT2D eigenvalue weighted by molar-refractivity contribution is -0.148. The van der Waals surface area contributed by atoms with Crippen LogP contribution in [0.1, 0.15) is 29.4 Å². The maximum atomic E-state index is 12.1. The number of nitrogens with one attached hydrogen (secondary N) is 1. The first-order valence-electron chi connectivity index (χ1n) is 5.94. The van der Waals surface area contributed by atoms with Gasteiger partial charge in [-0.1, -0.05) is 0 Å². The molecular weight excluding hydrogens is 250 g/mol. The zero-order valence-electron chi connectivity index (χ0n) is 11.0. The largest absolute Gasteiger partial charge is 0.343 e. The van der Waals surface area contributed by atoms with Crippen molar-refractivity contribution < 1.29 is 9.59 Å². The van der Waals surface area contributed by atoms with Crippen LogP contribution in [0.25, 0.3) is 0 Å². The number of aryl methyl sites for hydroxylation is 2. The molecule has 0 spiro atoms. The van der Waals surface area contributed by atoms with Gasteiger partial charge in [-0.2, -0.15) is 0 Å². The fourth-order valence-corrected chi connectivity index (χ4v) is 2.88. The van der Waals surface area contributed by atoms with E-state index in [1.165, 1.54) is 0 Å². The number of hydrogen-bond donors (Lipinski definition) is 1. The monoisotopic (exact) mass is 267 g/mol. The zero-order chi connectivity index (χ0) is 13.4. The third-order valence-corrected chi connectivity index (χ3v) is 4.30. The van der Waals surface area contributed by atoms with Crippen molar-refractivity contribution in [2.24, 2.45) is 0 Å². The number of thiazole rings is 1. The number of nitrogens with zero attached hydrogens (tertiary/aromatic N) is 2. The van der Waals surface area contributed by atoms with E-state index < -0.39 is 12.1 Å². The molecule has 0 aliphatic carbocycles. The van der Waals surface area contributed by atoms with E-state index in [2.05, 4.69) is 10.3 Å². The highest BCUT2D eigenvalue weighted by molar-refractivity contribution is 7.11. The van der Waals surface area contributed by atoms with Gasteiger partial charge in [0, 0.05) is 4.88 Å². The summed E-state index contributed by atoms with van der Waals surface area (Å²) in [5.74, 6) is -0.153. The first-order chi connectivity index (χ1) is 8.40. The van der Waals surface area contributed by atoms with E-state index in [1.807, 2.05) is 13.8 Å². The van der Waals surface area contributed by atoms with Gasteiger partial charge in [0.05, 0.1) is 12.2 Å². The molecule has 1 saturated heterocycles. The summed E-state index contributed by atoms with van der Waals surface area (Å²) in [6, 6.07) is -0.880. The van der Waals surface area contributed by atoms with Crippen molar-refractivity contribution in [2.45, 2.75) is 46.3 Å². The molecule has 2 rings (SSSR count). The van der Waals surface area contributed by atoms with Crippen LogP contribution in [-0.4, -0.2) is 33.8 Å². The Kier molecular flexibility index (Phi) is 3.38. The average Bonchev–Trinajstić information content (AvgIpc) is 2.62. The van der Waals surface area contributed by atoms with E-state index in [-0.39, 0.29) is 11.8 Å². The van der Waals surface area contributed by atoms with Crippen LogP contribution in [-0.2, 0) is 16.1 Å². The van der Waals surface area contributed by atoms with Gasteiger partial charge in [-0.05, 0) is 27.7 Å². The summed E-state index contributed by atoms with van der Waals surface area (Å²) in [6.07, 6.45) is 0. The smallest absolute Gasteiger partial charge is 0.245 e. The van der Waals surface area contributed by atoms with Gasteiger partial charge in [0.2, 0.25) is 11.8 Å². The Labute approximate surface area is 110 Å². The lowest BCUT2D eigenvalue weighted by Gasteiger charge is -2.35. The lowest BCUT2D eigenvalue weighted by Crippen LogP contribution is -2.60. The topological polar surface area (TPSA) is 62.3 Å². The van der Waals surface area contributed by atoms with Crippen molar-refractivity contribution in [3.63, 3.8) is 0 Å². The Bertz CT molecular complexity index is 478. The highest BCUT2D eigenvalue weighted by Gasteiger charge is 2.36. The zero-order valence-corrected chi connectivity index (χ0v) is 11.8. The molecule has 0 saturated carbocycles. The van der Waals surface area contributed by atoms with Gasteiger partial charge in [0.15, 0.2) is 0 Å². The number of hydrogen-bond acceptors (Lipinski definition) is 4. The van der Waals surface area contributed by atoms with Crippen LogP contribution in [0.3, 0.4) is 0 Å². The molecule has 1 aromatic heterocycles. The summed E-state index contributed by atoms with van der Waals surface area (Å²) < 4.78 is 0. The van der Waals surface area contributed by atoms with Gasteiger partial charge in [-0.25, -0.2) is 4.98 Å². The summed E-state index contributed by atoms with van der Waals surface area (Å²) in [6.45, 7) is 7.82. The number of aromatic nitrogens is 1. The molecule has 2 atom stereocenters. The second-order valence-corrected chi connectivity index (χ2v) is 5.91. The molecule has 1 aliphatic rings. The van der Waals surface area contributed by atoms with Crippen molar-refractivity contribution in [2.75, 3.05) is 0 Å². The van der Waals surface area contributed by atoms with Gasteiger partial charge in [-0.15, -0.1) is 11.3 Å². The van der Waals surface area contributed by atoms with Gasteiger partial charge >= 0.3 is 0 Å². The highest BCUT2D eigenvalue weighted by atomic mass is 32.1. The Morgan fingerprint density at radius 1 is 1.33 bits per heavy atom. The third-order valence-electron chi connectivity index (χ3n) is 3.24. The van der Waals surface area contributed by atoms with Crippen LogP contribution < -0.4 is 5.32 Å². The molecule has 18 heavy (non-hydrogen) atoms. The Morgan fingerprint density at radius 2 is 2.00 bits per heavy atom. The second kappa shape index (κ2) is 4.68. The van der Waals surface area contributed by atoms with Crippen molar-refractivity contribution in [1.82, 2.24) is 15.2 Å². The third kappa shape index (κ3) is 2.25. The predicted octanol–water partition coefficient (Wildman–Crippen LogP) is 0.995. The Balaban J connectivity index is 2.20. The highest BCUT2D eigenvalue weighted by Crippen LogP contribution is 2.20.